The van der Waals surface area contributed by atoms with Crippen LogP contribution in [0.15, 0.2) is 30.5 Å². The highest BCUT2D eigenvalue weighted by atomic mass is 16.5. The lowest BCUT2D eigenvalue weighted by Crippen LogP contribution is -2.10. The van der Waals surface area contributed by atoms with E-state index in [0.29, 0.717) is 19.0 Å². The first-order valence-electron chi connectivity index (χ1n) is 4.97. The number of imidazole rings is 1. The third-order valence-corrected chi connectivity index (χ3v) is 2.08. The van der Waals surface area contributed by atoms with Crippen molar-refractivity contribution in [2.45, 2.75) is 0 Å². The van der Waals surface area contributed by atoms with Crippen molar-refractivity contribution in [3.8, 4) is 23.0 Å². The third-order valence-electron chi connectivity index (χ3n) is 2.08. The highest BCUT2D eigenvalue weighted by Crippen LogP contribution is 2.21. The van der Waals surface area contributed by atoms with Gasteiger partial charge in [-0.3, -0.25) is 0 Å². The number of aromatic hydroxyl groups is 1. The molecule has 0 saturated heterocycles. The zero-order valence-corrected chi connectivity index (χ0v) is 8.68. The van der Waals surface area contributed by atoms with Crippen LogP contribution >= 0.6 is 0 Å². The van der Waals surface area contributed by atoms with E-state index in [9.17, 15) is 0 Å². The molecule has 0 atom stereocenters. The van der Waals surface area contributed by atoms with Crippen LogP contribution in [0.3, 0.4) is 0 Å². The SMILES string of the molecule is NCCOc1ccc(-c2ncc(O)[nH]2)cc1. The maximum atomic E-state index is 9.13. The number of nitrogens with one attached hydrogen (secondary N) is 1. The van der Waals surface area contributed by atoms with Crippen LogP contribution in [0.4, 0.5) is 0 Å². The molecule has 2 aromatic rings. The van der Waals surface area contributed by atoms with Crippen LogP contribution in [0.1, 0.15) is 0 Å². The second-order valence-corrected chi connectivity index (χ2v) is 3.28. The van der Waals surface area contributed by atoms with Crippen LogP contribution in [0.25, 0.3) is 11.4 Å². The number of hydrogen-bond acceptors (Lipinski definition) is 4. The Labute approximate surface area is 92.9 Å². The van der Waals surface area contributed by atoms with Gasteiger partial charge in [0, 0.05) is 12.1 Å². The van der Waals surface area contributed by atoms with Crippen molar-refractivity contribution >= 4 is 0 Å². The molecule has 0 bridgehead atoms. The minimum Gasteiger partial charge on any atom is -0.493 e. The Morgan fingerprint density at radius 2 is 2.06 bits per heavy atom. The van der Waals surface area contributed by atoms with Gasteiger partial charge in [0.05, 0.1) is 6.20 Å². The van der Waals surface area contributed by atoms with Crippen LogP contribution in [-0.4, -0.2) is 28.2 Å². The van der Waals surface area contributed by atoms with Crippen molar-refractivity contribution in [1.82, 2.24) is 9.97 Å². The predicted octanol–water partition coefficient (Wildman–Crippen LogP) is 1.12. The van der Waals surface area contributed by atoms with E-state index < -0.39 is 0 Å². The molecule has 0 fully saturated rings. The summed E-state index contributed by atoms with van der Waals surface area (Å²) in [7, 11) is 0. The molecular weight excluding hydrogens is 206 g/mol. The molecule has 1 aromatic heterocycles. The third kappa shape index (κ3) is 2.32. The first-order chi connectivity index (χ1) is 7.79. The Hall–Kier alpha value is -2.01. The fourth-order valence-electron chi connectivity index (χ4n) is 1.34. The number of H-pyrrole nitrogens is 1. The molecule has 5 nitrogen and oxygen atoms in total. The van der Waals surface area contributed by atoms with Crippen molar-refractivity contribution in [1.29, 1.82) is 0 Å². The van der Waals surface area contributed by atoms with E-state index in [-0.39, 0.29) is 5.88 Å². The summed E-state index contributed by atoms with van der Waals surface area (Å²) in [6, 6.07) is 7.41. The van der Waals surface area contributed by atoms with Crippen LogP contribution in [0.5, 0.6) is 11.6 Å². The maximum Gasteiger partial charge on any atom is 0.208 e. The van der Waals surface area contributed by atoms with Crippen LogP contribution in [0, 0.1) is 0 Å². The average molecular weight is 219 g/mol. The van der Waals surface area contributed by atoms with Gasteiger partial charge in [-0.05, 0) is 24.3 Å². The molecule has 1 aromatic carbocycles. The van der Waals surface area contributed by atoms with Crippen LogP contribution in [-0.2, 0) is 0 Å². The summed E-state index contributed by atoms with van der Waals surface area (Å²) < 4.78 is 5.35. The highest BCUT2D eigenvalue weighted by molar-refractivity contribution is 5.56. The summed E-state index contributed by atoms with van der Waals surface area (Å²) in [6.45, 7) is 0.995. The van der Waals surface area contributed by atoms with E-state index in [1.54, 1.807) is 0 Å². The van der Waals surface area contributed by atoms with Crippen molar-refractivity contribution in [2.24, 2.45) is 5.73 Å². The lowest BCUT2D eigenvalue weighted by atomic mass is 10.2. The zero-order chi connectivity index (χ0) is 11.4. The molecule has 0 radical (unpaired) electrons. The average Bonchev–Trinajstić information content (AvgIpc) is 2.74. The summed E-state index contributed by atoms with van der Waals surface area (Å²) in [5.74, 6) is 1.45. The number of nitrogens with two attached hydrogens (primary N) is 1. The summed E-state index contributed by atoms with van der Waals surface area (Å²) in [5.41, 5.74) is 6.22. The van der Waals surface area contributed by atoms with Gasteiger partial charge in [0.1, 0.15) is 18.2 Å². The van der Waals surface area contributed by atoms with Crippen LogP contribution < -0.4 is 10.5 Å². The van der Waals surface area contributed by atoms with Gasteiger partial charge in [0.25, 0.3) is 0 Å². The topological polar surface area (TPSA) is 84.2 Å². The highest BCUT2D eigenvalue weighted by Gasteiger charge is 2.02. The lowest BCUT2D eigenvalue weighted by Gasteiger charge is -2.04. The van der Waals surface area contributed by atoms with Gasteiger partial charge in [-0.2, -0.15) is 0 Å². The molecule has 0 unspecified atom stereocenters. The van der Waals surface area contributed by atoms with Crippen molar-refractivity contribution < 1.29 is 9.84 Å². The van der Waals surface area contributed by atoms with Crippen molar-refractivity contribution in [2.75, 3.05) is 13.2 Å². The van der Waals surface area contributed by atoms with Gasteiger partial charge in [-0.25, -0.2) is 4.98 Å². The van der Waals surface area contributed by atoms with Crippen LogP contribution in [0.2, 0.25) is 0 Å². The Morgan fingerprint density at radius 3 is 2.62 bits per heavy atom. The number of rotatable bonds is 4. The summed E-state index contributed by atoms with van der Waals surface area (Å²) in [5, 5.41) is 9.13. The van der Waals surface area contributed by atoms with Crippen molar-refractivity contribution in [3.05, 3.63) is 30.5 Å². The number of benzene rings is 1. The molecule has 0 aliphatic rings. The smallest absolute Gasteiger partial charge is 0.208 e. The fraction of sp³-hybridized carbons (Fsp3) is 0.182. The molecule has 4 N–H and O–H groups in total. The number of ether oxygens (including phenoxy) is 1. The fourth-order valence-corrected chi connectivity index (χ4v) is 1.34. The Kier molecular flexibility index (Phi) is 3.07. The van der Waals surface area contributed by atoms with Gasteiger partial charge in [-0.1, -0.05) is 0 Å². The number of hydrogen-bond donors (Lipinski definition) is 3. The second kappa shape index (κ2) is 4.67. The molecule has 1 heterocycles. The predicted molar refractivity (Wildman–Crippen MR) is 60.2 cm³/mol. The minimum atomic E-state index is 0.0541. The van der Waals surface area contributed by atoms with Gasteiger partial charge < -0.3 is 20.6 Å². The van der Waals surface area contributed by atoms with E-state index in [4.69, 9.17) is 15.6 Å². The van der Waals surface area contributed by atoms with E-state index in [2.05, 4.69) is 9.97 Å². The van der Waals surface area contributed by atoms with Gasteiger partial charge in [0.2, 0.25) is 5.88 Å². The van der Waals surface area contributed by atoms with Crippen molar-refractivity contribution in [3.63, 3.8) is 0 Å². The van der Waals surface area contributed by atoms with Gasteiger partial charge in [0.15, 0.2) is 0 Å². The summed E-state index contributed by atoms with van der Waals surface area (Å²) >= 11 is 0. The number of aromatic amines is 1. The Bertz CT molecular complexity index is 451. The normalized spacial score (nSPS) is 10.3. The lowest BCUT2D eigenvalue weighted by molar-refractivity contribution is 0.328. The standard InChI is InChI=1S/C11H13N3O2/c12-5-6-16-9-3-1-8(2-4-9)11-13-7-10(15)14-11/h1-4,7,15H,5-6,12H2,(H,13,14). The molecule has 84 valence electrons. The summed E-state index contributed by atoms with van der Waals surface area (Å²) in [4.78, 5) is 6.75. The second-order valence-electron chi connectivity index (χ2n) is 3.28. The van der Waals surface area contributed by atoms with E-state index in [0.717, 1.165) is 11.3 Å². The van der Waals surface area contributed by atoms with E-state index in [1.807, 2.05) is 24.3 Å². The number of nitrogens with zero attached hydrogens (tertiary/aromatic N) is 1. The van der Waals surface area contributed by atoms with Gasteiger partial charge >= 0.3 is 0 Å². The summed E-state index contributed by atoms with van der Waals surface area (Å²) in [6.07, 6.45) is 1.37. The van der Waals surface area contributed by atoms with E-state index >= 15 is 0 Å². The number of aromatic nitrogens is 2. The molecule has 0 aliphatic carbocycles. The van der Waals surface area contributed by atoms with Gasteiger partial charge in [-0.15, -0.1) is 0 Å². The largest absolute Gasteiger partial charge is 0.493 e. The zero-order valence-electron chi connectivity index (χ0n) is 8.68. The minimum absolute atomic E-state index is 0.0541. The first kappa shape index (κ1) is 10.5. The first-order valence-corrected chi connectivity index (χ1v) is 4.97. The molecule has 5 heteroatoms. The maximum absolute atomic E-state index is 9.13. The molecule has 0 amide bonds. The Balaban J connectivity index is 2.13. The molecule has 0 aliphatic heterocycles. The monoisotopic (exact) mass is 219 g/mol. The molecular formula is C11H13N3O2. The molecule has 2 rings (SSSR count). The Morgan fingerprint density at radius 1 is 1.31 bits per heavy atom. The quantitative estimate of drug-likeness (QED) is 0.719. The molecule has 0 spiro atoms. The molecule has 0 saturated carbocycles. The van der Waals surface area contributed by atoms with E-state index in [1.165, 1.54) is 6.20 Å². The molecule has 16 heavy (non-hydrogen) atoms.